The van der Waals surface area contributed by atoms with Gasteiger partial charge in [0.15, 0.2) is 0 Å². The Labute approximate surface area is 88.9 Å². The molecule has 5 heteroatoms. The van der Waals surface area contributed by atoms with Crippen LogP contribution < -0.4 is 10.1 Å². The number of amides is 1. The van der Waals surface area contributed by atoms with Crippen molar-refractivity contribution in [3.63, 3.8) is 0 Å². The van der Waals surface area contributed by atoms with E-state index in [0.717, 1.165) is 11.4 Å². The van der Waals surface area contributed by atoms with Crippen molar-refractivity contribution in [2.45, 2.75) is 20.8 Å². The van der Waals surface area contributed by atoms with E-state index in [1.54, 1.807) is 0 Å². The average molecular weight is 208 g/mol. The number of rotatable bonds is 4. The summed E-state index contributed by atoms with van der Waals surface area (Å²) in [4.78, 5) is 18.7. The van der Waals surface area contributed by atoms with Gasteiger partial charge in [0.1, 0.15) is 6.61 Å². The summed E-state index contributed by atoms with van der Waals surface area (Å²) in [5, 5.41) is 2.62. The van der Waals surface area contributed by atoms with Gasteiger partial charge in [-0.2, -0.15) is 9.97 Å². The van der Waals surface area contributed by atoms with Crippen LogP contribution in [0.2, 0.25) is 0 Å². The number of hydrogen-bond donors (Lipinski definition) is 1. The highest BCUT2D eigenvalue weighted by Crippen LogP contribution is 2.04. The average Bonchev–Trinajstić information content (AvgIpc) is 2.10. The number of nitrogens with zero attached hydrogens (tertiary/aromatic N) is 2. The van der Waals surface area contributed by atoms with Crippen LogP contribution in [0.25, 0.3) is 0 Å². The molecule has 1 amide bonds. The molecular formula is C10H14N3O2. The third-order valence-electron chi connectivity index (χ3n) is 1.60. The summed E-state index contributed by atoms with van der Waals surface area (Å²) in [6, 6.07) is 3.28. The fourth-order valence-electron chi connectivity index (χ4n) is 1.06. The first-order valence-electron chi connectivity index (χ1n) is 4.69. The third-order valence-corrected chi connectivity index (χ3v) is 1.60. The van der Waals surface area contributed by atoms with Gasteiger partial charge in [0.05, 0.1) is 17.9 Å². The summed E-state index contributed by atoms with van der Waals surface area (Å²) < 4.78 is 5.26. The topological polar surface area (TPSA) is 64.1 Å². The molecule has 1 rings (SSSR count). The van der Waals surface area contributed by atoms with Gasteiger partial charge in [0.2, 0.25) is 5.91 Å². The van der Waals surface area contributed by atoms with Crippen LogP contribution in [-0.4, -0.2) is 29.0 Å². The fraction of sp³-hybridized carbons (Fsp3) is 0.500. The fourth-order valence-corrected chi connectivity index (χ4v) is 1.06. The molecule has 0 aliphatic heterocycles. The lowest BCUT2D eigenvalue weighted by atomic mass is 10.4. The Morgan fingerprint density at radius 1 is 1.40 bits per heavy atom. The van der Waals surface area contributed by atoms with Crippen LogP contribution in [0.15, 0.2) is 0 Å². The second-order valence-electron chi connectivity index (χ2n) is 3.13. The highest BCUT2D eigenvalue weighted by atomic mass is 16.5. The van der Waals surface area contributed by atoms with Crippen LogP contribution >= 0.6 is 0 Å². The molecule has 0 bridgehead atoms. The van der Waals surface area contributed by atoms with E-state index in [2.05, 4.69) is 21.4 Å². The molecule has 0 unspecified atom stereocenters. The molecule has 5 nitrogen and oxygen atoms in total. The maximum absolute atomic E-state index is 10.6. The van der Waals surface area contributed by atoms with E-state index in [9.17, 15) is 4.79 Å². The minimum atomic E-state index is -0.0757. The van der Waals surface area contributed by atoms with Crippen LogP contribution in [0.5, 0.6) is 6.01 Å². The van der Waals surface area contributed by atoms with Crippen LogP contribution in [0.3, 0.4) is 0 Å². The van der Waals surface area contributed by atoms with Gasteiger partial charge in [-0.05, 0) is 13.8 Å². The molecule has 1 radical (unpaired) electrons. The first kappa shape index (κ1) is 11.4. The highest BCUT2D eigenvalue weighted by Gasteiger charge is 2.00. The van der Waals surface area contributed by atoms with Crippen LogP contribution in [0, 0.1) is 19.9 Å². The van der Waals surface area contributed by atoms with Crippen molar-refractivity contribution in [1.82, 2.24) is 15.3 Å². The van der Waals surface area contributed by atoms with Crippen molar-refractivity contribution >= 4 is 5.91 Å². The Kier molecular flexibility index (Phi) is 4.03. The van der Waals surface area contributed by atoms with Gasteiger partial charge < -0.3 is 10.1 Å². The molecule has 0 atom stereocenters. The minimum absolute atomic E-state index is 0.0757. The molecule has 1 aromatic heterocycles. The smallest absolute Gasteiger partial charge is 0.316 e. The van der Waals surface area contributed by atoms with Gasteiger partial charge in [0, 0.05) is 13.0 Å². The van der Waals surface area contributed by atoms with E-state index in [-0.39, 0.29) is 5.91 Å². The minimum Gasteiger partial charge on any atom is -0.462 e. The van der Waals surface area contributed by atoms with Crippen molar-refractivity contribution in [2.75, 3.05) is 13.2 Å². The molecule has 0 fully saturated rings. The van der Waals surface area contributed by atoms with Crippen molar-refractivity contribution in [3.8, 4) is 6.01 Å². The van der Waals surface area contributed by atoms with Crippen molar-refractivity contribution in [1.29, 1.82) is 0 Å². The molecule has 0 saturated heterocycles. The zero-order chi connectivity index (χ0) is 11.3. The summed E-state index contributed by atoms with van der Waals surface area (Å²) in [5.41, 5.74) is 1.49. The molecule has 0 aliphatic rings. The second kappa shape index (κ2) is 5.29. The van der Waals surface area contributed by atoms with E-state index in [1.165, 1.54) is 6.92 Å². The maximum atomic E-state index is 10.6. The van der Waals surface area contributed by atoms with E-state index in [4.69, 9.17) is 4.74 Å². The van der Waals surface area contributed by atoms with Crippen molar-refractivity contribution in [2.24, 2.45) is 0 Å². The number of aromatic nitrogens is 2. The predicted octanol–water partition coefficient (Wildman–Crippen LogP) is 0.409. The van der Waals surface area contributed by atoms with E-state index >= 15 is 0 Å². The van der Waals surface area contributed by atoms with Crippen LogP contribution in [-0.2, 0) is 4.79 Å². The molecular weight excluding hydrogens is 194 g/mol. The van der Waals surface area contributed by atoms with Crippen LogP contribution in [0.1, 0.15) is 18.3 Å². The summed E-state index contributed by atoms with van der Waals surface area (Å²) in [7, 11) is 0. The zero-order valence-corrected chi connectivity index (χ0v) is 9.13. The Bertz CT molecular complexity index is 332. The summed E-state index contributed by atoms with van der Waals surface area (Å²) in [6.07, 6.45) is 0. The molecule has 1 aromatic rings. The van der Waals surface area contributed by atoms with Crippen molar-refractivity contribution in [3.05, 3.63) is 17.5 Å². The SMILES string of the molecule is CC(=O)NCCOc1nc(C)[c]c(C)n1. The Morgan fingerprint density at radius 2 is 2.00 bits per heavy atom. The molecule has 1 N–H and O–H groups in total. The Morgan fingerprint density at radius 3 is 2.53 bits per heavy atom. The number of ether oxygens (including phenoxy) is 1. The molecule has 0 saturated carbocycles. The van der Waals surface area contributed by atoms with E-state index < -0.39 is 0 Å². The molecule has 0 spiro atoms. The zero-order valence-electron chi connectivity index (χ0n) is 9.13. The lowest BCUT2D eigenvalue weighted by Crippen LogP contribution is -2.25. The third kappa shape index (κ3) is 4.39. The molecule has 15 heavy (non-hydrogen) atoms. The highest BCUT2D eigenvalue weighted by molar-refractivity contribution is 5.72. The van der Waals surface area contributed by atoms with Gasteiger partial charge in [-0.25, -0.2) is 0 Å². The quantitative estimate of drug-likeness (QED) is 0.728. The summed E-state index contributed by atoms with van der Waals surface area (Å²) in [5.74, 6) is -0.0757. The normalized spacial score (nSPS) is 9.80. The van der Waals surface area contributed by atoms with Gasteiger partial charge >= 0.3 is 6.01 Å². The molecule has 0 aromatic carbocycles. The van der Waals surface area contributed by atoms with Crippen molar-refractivity contribution < 1.29 is 9.53 Å². The monoisotopic (exact) mass is 208 g/mol. The Hall–Kier alpha value is -1.65. The number of hydrogen-bond acceptors (Lipinski definition) is 4. The molecule has 81 valence electrons. The van der Waals surface area contributed by atoms with Gasteiger partial charge in [-0.15, -0.1) is 0 Å². The van der Waals surface area contributed by atoms with E-state index in [0.29, 0.717) is 19.2 Å². The lowest BCUT2D eigenvalue weighted by molar-refractivity contribution is -0.119. The number of carbonyl (C=O) groups is 1. The largest absolute Gasteiger partial charge is 0.462 e. The standard InChI is InChI=1S/C10H14N3O2/c1-7-6-8(2)13-10(12-7)15-5-4-11-9(3)14/h4-5H2,1-3H3,(H,11,14). The number of nitrogens with one attached hydrogen (secondary N) is 1. The number of aryl methyl sites for hydroxylation is 2. The number of carbonyl (C=O) groups excluding carboxylic acids is 1. The van der Waals surface area contributed by atoms with Crippen LogP contribution in [0.4, 0.5) is 0 Å². The first-order valence-corrected chi connectivity index (χ1v) is 4.69. The van der Waals surface area contributed by atoms with Gasteiger partial charge in [-0.1, -0.05) is 0 Å². The molecule has 0 aliphatic carbocycles. The molecule has 1 heterocycles. The first-order chi connectivity index (χ1) is 7.08. The van der Waals surface area contributed by atoms with Gasteiger partial charge in [-0.3, -0.25) is 4.79 Å². The second-order valence-corrected chi connectivity index (χ2v) is 3.13. The van der Waals surface area contributed by atoms with Gasteiger partial charge in [0.25, 0.3) is 0 Å². The van der Waals surface area contributed by atoms with E-state index in [1.807, 2.05) is 13.8 Å². The summed E-state index contributed by atoms with van der Waals surface area (Å²) in [6.45, 7) is 5.94. The predicted molar refractivity (Wildman–Crippen MR) is 54.5 cm³/mol. The Balaban J connectivity index is 2.40. The summed E-state index contributed by atoms with van der Waals surface area (Å²) >= 11 is 0. The maximum Gasteiger partial charge on any atom is 0.316 e. The lowest BCUT2D eigenvalue weighted by Gasteiger charge is -2.05.